The third-order valence-corrected chi connectivity index (χ3v) is 2.92. The number of ether oxygens (including phenoxy) is 1. The molecule has 1 N–H and O–H groups in total. The van der Waals surface area contributed by atoms with Gasteiger partial charge in [0.1, 0.15) is 17.3 Å². The van der Waals surface area contributed by atoms with E-state index < -0.39 is 0 Å². The van der Waals surface area contributed by atoms with E-state index in [1.165, 1.54) is 0 Å². The molecule has 2 rings (SSSR count). The molecular weight excluding hydrogens is 254 g/mol. The Balaban J connectivity index is 1.83. The average molecular weight is 273 g/mol. The van der Waals surface area contributed by atoms with E-state index in [0.29, 0.717) is 5.75 Å². The molecule has 0 aliphatic carbocycles. The fraction of sp³-hybridized carbons (Fsp3) is 0.312. The first-order valence-corrected chi connectivity index (χ1v) is 6.60. The van der Waals surface area contributed by atoms with E-state index in [4.69, 9.17) is 9.15 Å². The second-order valence-corrected chi connectivity index (χ2v) is 4.84. The highest BCUT2D eigenvalue weighted by molar-refractivity contribution is 5.77. The summed E-state index contributed by atoms with van der Waals surface area (Å²) in [5, 5.41) is 2.84. The lowest BCUT2D eigenvalue weighted by atomic mass is 10.2. The number of carbonyl (C=O) groups excluding carboxylic acids is 1. The maximum absolute atomic E-state index is 11.8. The van der Waals surface area contributed by atoms with Gasteiger partial charge in [0.25, 0.3) is 5.91 Å². The maximum atomic E-state index is 11.8. The van der Waals surface area contributed by atoms with Crippen LogP contribution in [0, 0.1) is 13.8 Å². The zero-order valence-electron chi connectivity index (χ0n) is 12.0. The van der Waals surface area contributed by atoms with Gasteiger partial charge in [0.05, 0.1) is 6.04 Å². The first-order valence-electron chi connectivity index (χ1n) is 6.60. The highest BCUT2D eigenvalue weighted by Crippen LogP contribution is 2.16. The lowest BCUT2D eigenvalue weighted by molar-refractivity contribution is -0.123. The minimum atomic E-state index is -0.173. The monoisotopic (exact) mass is 273 g/mol. The van der Waals surface area contributed by atoms with Crippen LogP contribution in [-0.2, 0) is 4.79 Å². The van der Waals surface area contributed by atoms with Crippen LogP contribution < -0.4 is 10.1 Å². The van der Waals surface area contributed by atoms with Crippen LogP contribution in [0.2, 0.25) is 0 Å². The van der Waals surface area contributed by atoms with Crippen LogP contribution in [0.5, 0.6) is 5.75 Å². The van der Waals surface area contributed by atoms with E-state index in [1.54, 1.807) is 0 Å². The first kappa shape index (κ1) is 14.2. The summed E-state index contributed by atoms with van der Waals surface area (Å²) in [5.74, 6) is 2.10. The minimum Gasteiger partial charge on any atom is -0.484 e. The van der Waals surface area contributed by atoms with Crippen molar-refractivity contribution in [3.8, 4) is 5.75 Å². The van der Waals surface area contributed by atoms with Crippen molar-refractivity contribution in [3.63, 3.8) is 0 Å². The normalized spacial score (nSPS) is 11.9. The van der Waals surface area contributed by atoms with Gasteiger partial charge >= 0.3 is 0 Å². The first-order chi connectivity index (χ1) is 9.54. The van der Waals surface area contributed by atoms with Gasteiger partial charge in [-0.2, -0.15) is 0 Å². The predicted octanol–water partition coefficient (Wildman–Crippen LogP) is 3.15. The van der Waals surface area contributed by atoms with Crippen molar-refractivity contribution in [2.45, 2.75) is 26.8 Å². The molecule has 1 atom stereocenters. The van der Waals surface area contributed by atoms with Gasteiger partial charge in [-0.25, -0.2) is 0 Å². The van der Waals surface area contributed by atoms with Crippen LogP contribution in [0.3, 0.4) is 0 Å². The number of furan rings is 1. The average Bonchev–Trinajstić information content (AvgIpc) is 2.83. The molecule has 1 unspecified atom stereocenters. The van der Waals surface area contributed by atoms with Gasteiger partial charge in [-0.15, -0.1) is 0 Å². The molecule has 1 aromatic heterocycles. The molecular formula is C16H19NO3. The molecule has 106 valence electrons. The summed E-state index contributed by atoms with van der Waals surface area (Å²) in [6.07, 6.45) is 0. The second kappa shape index (κ2) is 6.28. The summed E-state index contributed by atoms with van der Waals surface area (Å²) in [6.45, 7) is 5.73. The molecule has 1 aromatic carbocycles. The van der Waals surface area contributed by atoms with Crippen LogP contribution >= 0.6 is 0 Å². The second-order valence-electron chi connectivity index (χ2n) is 4.84. The number of benzene rings is 1. The number of amides is 1. The topological polar surface area (TPSA) is 51.5 Å². The van der Waals surface area contributed by atoms with Crippen molar-refractivity contribution in [2.24, 2.45) is 0 Å². The number of aryl methyl sites for hydroxylation is 2. The zero-order valence-corrected chi connectivity index (χ0v) is 12.0. The summed E-state index contributed by atoms with van der Waals surface area (Å²) < 4.78 is 10.9. The predicted molar refractivity (Wildman–Crippen MR) is 76.7 cm³/mol. The fourth-order valence-electron chi connectivity index (χ4n) is 1.89. The molecule has 0 aliphatic rings. The third kappa shape index (κ3) is 3.88. The smallest absolute Gasteiger partial charge is 0.258 e. The van der Waals surface area contributed by atoms with Crippen LogP contribution in [0.4, 0.5) is 0 Å². The molecule has 1 amide bonds. The summed E-state index contributed by atoms with van der Waals surface area (Å²) in [6, 6.07) is 11.2. The Labute approximate surface area is 118 Å². The van der Waals surface area contributed by atoms with Crippen molar-refractivity contribution in [1.29, 1.82) is 0 Å². The van der Waals surface area contributed by atoms with Crippen molar-refractivity contribution in [1.82, 2.24) is 5.32 Å². The van der Waals surface area contributed by atoms with Crippen LogP contribution in [-0.4, -0.2) is 12.5 Å². The van der Waals surface area contributed by atoms with Crippen molar-refractivity contribution in [2.75, 3.05) is 6.61 Å². The van der Waals surface area contributed by atoms with Gasteiger partial charge in [0.2, 0.25) is 0 Å². The Morgan fingerprint density at radius 3 is 2.75 bits per heavy atom. The maximum Gasteiger partial charge on any atom is 0.258 e. The molecule has 0 aliphatic heterocycles. The minimum absolute atomic E-state index is 0.00646. The number of nitrogens with one attached hydrogen (secondary N) is 1. The molecule has 0 saturated carbocycles. The molecule has 0 saturated heterocycles. The van der Waals surface area contributed by atoms with Gasteiger partial charge < -0.3 is 14.5 Å². The number of carbonyl (C=O) groups is 1. The molecule has 0 bridgehead atoms. The molecule has 20 heavy (non-hydrogen) atoms. The molecule has 0 fully saturated rings. The summed E-state index contributed by atoms with van der Waals surface area (Å²) in [4.78, 5) is 11.8. The van der Waals surface area contributed by atoms with Gasteiger partial charge in [-0.3, -0.25) is 4.79 Å². The molecule has 0 radical (unpaired) electrons. The summed E-state index contributed by atoms with van der Waals surface area (Å²) >= 11 is 0. The molecule has 0 spiro atoms. The standard InChI is InChI=1S/C16H19NO3/c1-11-5-4-6-14(9-11)19-10-16(18)17-13(3)15-8-7-12(2)20-15/h4-9,13H,10H2,1-3H3,(H,17,18). The third-order valence-electron chi connectivity index (χ3n) is 2.92. The molecule has 2 aromatic rings. The van der Waals surface area contributed by atoms with E-state index in [2.05, 4.69) is 5.32 Å². The Bertz CT molecular complexity index is 589. The molecule has 1 heterocycles. The fourth-order valence-corrected chi connectivity index (χ4v) is 1.89. The SMILES string of the molecule is Cc1cccc(OCC(=O)NC(C)c2ccc(C)o2)c1. The Kier molecular flexibility index (Phi) is 4.45. The van der Waals surface area contributed by atoms with E-state index in [0.717, 1.165) is 17.1 Å². The number of hydrogen-bond donors (Lipinski definition) is 1. The van der Waals surface area contributed by atoms with Crippen molar-refractivity contribution in [3.05, 3.63) is 53.5 Å². The quantitative estimate of drug-likeness (QED) is 0.910. The van der Waals surface area contributed by atoms with Gasteiger partial charge in [-0.05, 0) is 50.6 Å². The number of rotatable bonds is 5. The van der Waals surface area contributed by atoms with Gasteiger partial charge in [0.15, 0.2) is 6.61 Å². The van der Waals surface area contributed by atoms with Crippen LogP contribution in [0.15, 0.2) is 40.8 Å². The van der Waals surface area contributed by atoms with Crippen molar-refractivity contribution < 1.29 is 13.9 Å². The Hall–Kier alpha value is -2.23. The van der Waals surface area contributed by atoms with E-state index >= 15 is 0 Å². The lowest BCUT2D eigenvalue weighted by Crippen LogP contribution is -2.31. The highest BCUT2D eigenvalue weighted by atomic mass is 16.5. The molecule has 4 heteroatoms. The van der Waals surface area contributed by atoms with Crippen LogP contribution in [0.25, 0.3) is 0 Å². The highest BCUT2D eigenvalue weighted by Gasteiger charge is 2.13. The Morgan fingerprint density at radius 1 is 1.30 bits per heavy atom. The zero-order chi connectivity index (χ0) is 14.5. The number of hydrogen-bond acceptors (Lipinski definition) is 3. The summed E-state index contributed by atoms with van der Waals surface area (Å²) in [7, 11) is 0. The van der Waals surface area contributed by atoms with Gasteiger partial charge in [0, 0.05) is 0 Å². The summed E-state index contributed by atoms with van der Waals surface area (Å²) in [5.41, 5.74) is 1.10. The van der Waals surface area contributed by atoms with Crippen LogP contribution in [0.1, 0.15) is 30.0 Å². The largest absolute Gasteiger partial charge is 0.484 e. The van der Waals surface area contributed by atoms with E-state index in [-0.39, 0.29) is 18.6 Å². The van der Waals surface area contributed by atoms with Gasteiger partial charge in [-0.1, -0.05) is 12.1 Å². The molecule has 4 nitrogen and oxygen atoms in total. The Morgan fingerprint density at radius 2 is 2.10 bits per heavy atom. The lowest BCUT2D eigenvalue weighted by Gasteiger charge is -2.12. The van der Waals surface area contributed by atoms with E-state index in [1.807, 2.05) is 57.2 Å². The van der Waals surface area contributed by atoms with Crippen molar-refractivity contribution >= 4 is 5.91 Å². The van der Waals surface area contributed by atoms with E-state index in [9.17, 15) is 4.79 Å².